The molecule has 0 aromatic rings. The fraction of sp³-hybridized carbons (Fsp3) is 0.875. The van der Waals surface area contributed by atoms with E-state index in [1.54, 1.807) is 0 Å². The van der Waals surface area contributed by atoms with Gasteiger partial charge in [-0.25, -0.2) is 0 Å². The van der Waals surface area contributed by atoms with Crippen LogP contribution in [0.2, 0.25) is 0 Å². The van der Waals surface area contributed by atoms with Crippen LogP contribution in [-0.4, -0.2) is 35.0 Å². The van der Waals surface area contributed by atoms with Gasteiger partial charge in [0.15, 0.2) is 0 Å². The summed E-state index contributed by atoms with van der Waals surface area (Å²) >= 11 is 0. The largest absolute Gasteiger partial charge is 0.481 e. The molecule has 20 heavy (non-hydrogen) atoms. The zero-order valence-electron chi connectivity index (χ0n) is 12.6. The highest BCUT2D eigenvalue weighted by Gasteiger charge is 2.39. The molecular formula is C16H27NO3. The third kappa shape index (κ3) is 3.74. The maximum Gasteiger partial charge on any atom is 0.303 e. The smallest absolute Gasteiger partial charge is 0.303 e. The average Bonchev–Trinajstić information content (AvgIpc) is 2.86. The normalized spacial score (nSPS) is 22.9. The first-order chi connectivity index (χ1) is 9.54. The van der Waals surface area contributed by atoms with Crippen LogP contribution in [0.5, 0.6) is 0 Å². The van der Waals surface area contributed by atoms with Crippen LogP contribution in [0, 0.1) is 11.3 Å². The van der Waals surface area contributed by atoms with E-state index in [4.69, 9.17) is 5.11 Å². The van der Waals surface area contributed by atoms with Gasteiger partial charge in [-0.05, 0) is 37.0 Å². The molecule has 0 unspecified atom stereocenters. The molecule has 0 spiro atoms. The Bertz CT molecular complexity index is 353. The second kappa shape index (κ2) is 6.59. The van der Waals surface area contributed by atoms with Crippen LogP contribution in [0.15, 0.2) is 0 Å². The summed E-state index contributed by atoms with van der Waals surface area (Å²) in [5.41, 5.74) is -0.259. The number of likely N-dealkylation sites (tertiary alicyclic amines) is 1. The molecular weight excluding hydrogens is 254 g/mol. The highest BCUT2D eigenvalue weighted by Crippen LogP contribution is 2.44. The molecule has 1 amide bonds. The molecule has 2 fully saturated rings. The van der Waals surface area contributed by atoms with Crippen LogP contribution < -0.4 is 0 Å². The SMILES string of the molecule is CCC1CCN(C(=O)CC2(CC(=O)O)CCCC2)CC1. The van der Waals surface area contributed by atoms with Crippen molar-refractivity contribution in [1.82, 2.24) is 4.90 Å². The first-order valence-corrected chi connectivity index (χ1v) is 8.04. The Labute approximate surface area is 121 Å². The summed E-state index contributed by atoms with van der Waals surface area (Å²) in [6.07, 6.45) is 7.94. The Morgan fingerprint density at radius 2 is 1.75 bits per heavy atom. The molecule has 1 saturated heterocycles. The van der Waals surface area contributed by atoms with E-state index in [-0.39, 0.29) is 17.7 Å². The summed E-state index contributed by atoms with van der Waals surface area (Å²) in [6, 6.07) is 0. The Morgan fingerprint density at radius 1 is 1.15 bits per heavy atom. The van der Waals surface area contributed by atoms with E-state index >= 15 is 0 Å². The molecule has 0 atom stereocenters. The van der Waals surface area contributed by atoms with Crippen LogP contribution >= 0.6 is 0 Å². The number of rotatable bonds is 5. The number of hydrogen-bond acceptors (Lipinski definition) is 2. The number of piperidine rings is 1. The first kappa shape index (κ1) is 15.3. The van der Waals surface area contributed by atoms with E-state index in [0.717, 1.165) is 57.5 Å². The number of hydrogen-bond donors (Lipinski definition) is 1. The lowest BCUT2D eigenvalue weighted by Crippen LogP contribution is -2.41. The molecule has 4 nitrogen and oxygen atoms in total. The molecule has 1 aliphatic heterocycles. The van der Waals surface area contributed by atoms with Crippen molar-refractivity contribution in [3.05, 3.63) is 0 Å². The lowest BCUT2D eigenvalue weighted by molar-refractivity contribution is -0.141. The molecule has 1 saturated carbocycles. The van der Waals surface area contributed by atoms with Crippen molar-refractivity contribution in [2.45, 2.75) is 64.7 Å². The predicted molar refractivity (Wildman–Crippen MR) is 77.4 cm³/mol. The molecule has 2 rings (SSSR count). The van der Waals surface area contributed by atoms with Gasteiger partial charge in [-0.15, -0.1) is 0 Å². The van der Waals surface area contributed by atoms with E-state index in [0.29, 0.717) is 6.42 Å². The van der Waals surface area contributed by atoms with Gasteiger partial charge >= 0.3 is 5.97 Å². The number of aliphatic carboxylic acids is 1. The van der Waals surface area contributed by atoms with E-state index in [9.17, 15) is 9.59 Å². The molecule has 1 aliphatic carbocycles. The second-order valence-electron chi connectivity index (χ2n) is 6.69. The third-order valence-corrected chi connectivity index (χ3v) is 5.26. The van der Waals surface area contributed by atoms with Gasteiger partial charge < -0.3 is 10.0 Å². The summed E-state index contributed by atoms with van der Waals surface area (Å²) in [5, 5.41) is 9.10. The van der Waals surface area contributed by atoms with Crippen molar-refractivity contribution in [3.63, 3.8) is 0 Å². The van der Waals surface area contributed by atoms with Crippen molar-refractivity contribution in [2.24, 2.45) is 11.3 Å². The van der Waals surface area contributed by atoms with Crippen LogP contribution in [0.4, 0.5) is 0 Å². The minimum atomic E-state index is -0.760. The maximum atomic E-state index is 12.5. The highest BCUT2D eigenvalue weighted by molar-refractivity contribution is 5.78. The quantitative estimate of drug-likeness (QED) is 0.842. The molecule has 2 aliphatic rings. The molecule has 0 radical (unpaired) electrons. The van der Waals surface area contributed by atoms with E-state index in [1.165, 1.54) is 6.42 Å². The number of carboxylic acid groups (broad SMARTS) is 1. The summed E-state index contributed by atoms with van der Waals surface area (Å²) in [4.78, 5) is 25.5. The molecule has 1 heterocycles. The van der Waals surface area contributed by atoms with Gasteiger partial charge in [-0.2, -0.15) is 0 Å². The lowest BCUT2D eigenvalue weighted by Gasteiger charge is -2.35. The Balaban J connectivity index is 1.90. The summed E-state index contributed by atoms with van der Waals surface area (Å²) < 4.78 is 0. The number of carbonyl (C=O) groups excluding carboxylic acids is 1. The molecule has 1 N–H and O–H groups in total. The third-order valence-electron chi connectivity index (χ3n) is 5.26. The van der Waals surface area contributed by atoms with E-state index < -0.39 is 5.97 Å². The Morgan fingerprint density at radius 3 is 2.25 bits per heavy atom. The van der Waals surface area contributed by atoms with Gasteiger partial charge in [0.2, 0.25) is 5.91 Å². The number of amides is 1. The van der Waals surface area contributed by atoms with Crippen LogP contribution in [-0.2, 0) is 9.59 Å². The maximum absolute atomic E-state index is 12.5. The highest BCUT2D eigenvalue weighted by atomic mass is 16.4. The second-order valence-corrected chi connectivity index (χ2v) is 6.69. The zero-order chi connectivity index (χ0) is 14.6. The molecule has 114 valence electrons. The molecule has 0 bridgehead atoms. The monoisotopic (exact) mass is 281 g/mol. The Hall–Kier alpha value is -1.06. The van der Waals surface area contributed by atoms with Crippen molar-refractivity contribution in [1.29, 1.82) is 0 Å². The number of carboxylic acids is 1. The summed E-state index contributed by atoms with van der Waals surface area (Å²) in [5.74, 6) is 0.186. The minimum absolute atomic E-state index is 0.157. The van der Waals surface area contributed by atoms with Crippen LogP contribution in [0.25, 0.3) is 0 Å². The molecule has 0 aromatic heterocycles. The van der Waals surface area contributed by atoms with Gasteiger partial charge in [-0.1, -0.05) is 26.2 Å². The standard InChI is InChI=1S/C16H27NO3/c1-2-13-5-9-17(10-6-13)14(18)11-16(12-15(19)20)7-3-4-8-16/h13H,2-12H2,1H3,(H,19,20). The van der Waals surface area contributed by atoms with Gasteiger partial charge in [0.1, 0.15) is 0 Å². The molecule has 4 heteroatoms. The van der Waals surface area contributed by atoms with Crippen LogP contribution in [0.1, 0.15) is 64.7 Å². The Kier molecular flexibility index (Phi) is 5.06. The minimum Gasteiger partial charge on any atom is -0.481 e. The van der Waals surface area contributed by atoms with E-state index in [2.05, 4.69) is 6.92 Å². The topological polar surface area (TPSA) is 57.6 Å². The van der Waals surface area contributed by atoms with Gasteiger partial charge in [0, 0.05) is 19.5 Å². The van der Waals surface area contributed by atoms with Gasteiger partial charge in [0.25, 0.3) is 0 Å². The van der Waals surface area contributed by atoms with Gasteiger partial charge in [-0.3, -0.25) is 9.59 Å². The van der Waals surface area contributed by atoms with Crippen molar-refractivity contribution >= 4 is 11.9 Å². The fourth-order valence-electron chi connectivity index (χ4n) is 3.89. The predicted octanol–water partition coefficient (Wildman–Crippen LogP) is 3.06. The zero-order valence-corrected chi connectivity index (χ0v) is 12.6. The first-order valence-electron chi connectivity index (χ1n) is 8.04. The lowest BCUT2D eigenvalue weighted by atomic mass is 9.79. The van der Waals surface area contributed by atoms with Crippen molar-refractivity contribution in [2.75, 3.05) is 13.1 Å². The summed E-state index contributed by atoms with van der Waals surface area (Å²) in [7, 11) is 0. The summed E-state index contributed by atoms with van der Waals surface area (Å²) in [6.45, 7) is 3.93. The van der Waals surface area contributed by atoms with Crippen molar-refractivity contribution < 1.29 is 14.7 Å². The van der Waals surface area contributed by atoms with E-state index in [1.807, 2.05) is 4.90 Å². The van der Waals surface area contributed by atoms with Crippen molar-refractivity contribution in [3.8, 4) is 0 Å². The fourth-order valence-corrected chi connectivity index (χ4v) is 3.89. The number of nitrogens with zero attached hydrogens (tertiary/aromatic N) is 1. The van der Waals surface area contributed by atoms with Gasteiger partial charge in [0.05, 0.1) is 6.42 Å². The average molecular weight is 281 g/mol. The number of carbonyl (C=O) groups is 2. The van der Waals surface area contributed by atoms with Crippen LogP contribution in [0.3, 0.4) is 0 Å². The molecule has 0 aromatic carbocycles.